The predicted octanol–water partition coefficient (Wildman–Crippen LogP) is 4.18. The van der Waals surface area contributed by atoms with E-state index in [0.29, 0.717) is 0 Å². The minimum Gasteiger partial charge on any atom is -0.207 e. The number of rotatable bonds is 3. The van der Waals surface area contributed by atoms with Gasteiger partial charge in [-0.2, -0.15) is 16.7 Å². The van der Waals surface area contributed by atoms with E-state index in [9.17, 15) is 43.9 Å². The van der Waals surface area contributed by atoms with Gasteiger partial charge in [-0.15, -0.1) is 12.2 Å². The summed E-state index contributed by atoms with van der Waals surface area (Å²) in [6.07, 6.45) is 4.49. The molecule has 0 amide bonds. The molecule has 0 bridgehead atoms. The van der Waals surface area contributed by atoms with E-state index in [1.807, 2.05) is 0 Å². The van der Waals surface area contributed by atoms with Gasteiger partial charge in [0.05, 0.1) is 0 Å². The third kappa shape index (κ3) is 2.80. The SMILES string of the molecule is Fc1c(F)c(F)c([B-](c2c(F)c(F)c(F)c(F)c2F)C2C=CC=C2)c(F)c1F. The highest BCUT2D eigenvalue weighted by Crippen LogP contribution is 2.27. The highest BCUT2D eigenvalue weighted by molar-refractivity contribution is 6.87. The summed E-state index contributed by atoms with van der Waals surface area (Å²) in [6, 6.07) is 0. The zero-order valence-corrected chi connectivity index (χ0v) is 13.2. The molecule has 3 rings (SSSR count). The predicted molar refractivity (Wildman–Crippen MR) is 79.5 cm³/mol. The molecule has 11 heteroatoms. The lowest BCUT2D eigenvalue weighted by Gasteiger charge is -2.35. The van der Waals surface area contributed by atoms with Gasteiger partial charge in [-0.25, -0.2) is 43.9 Å². The first-order chi connectivity index (χ1) is 13.1. The van der Waals surface area contributed by atoms with E-state index >= 15 is 0 Å². The zero-order valence-electron chi connectivity index (χ0n) is 13.2. The molecule has 2 aromatic rings. The molecule has 0 saturated carbocycles. The molecule has 0 atom stereocenters. The maximum Gasteiger partial charge on any atom is 0.200 e. The van der Waals surface area contributed by atoms with E-state index in [-0.39, 0.29) is 0 Å². The van der Waals surface area contributed by atoms with Crippen LogP contribution in [-0.2, 0) is 0 Å². The summed E-state index contributed by atoms with van der Waals surface area (Å²) in [6.45, 7) is -2.43. The molecule has 147 valence electrons. The molecule has 1 aliphatic carbocycles. The summed E-state index contributed by atoms with van der Waals surface area (Å²) in [5.41, 5.74) is -3.44. The highest BCUT2D eigenvalue weighted by atomic mass is 19.2. The Morgan fingerprint density at radius 1 is 0.429 bits per heavy atom. The molecular formula is C17H5BF10-. The Morgan fingerprint density at radius 3 is 0.964 bits per heavy atom. The Hall–Kier alpha value is -2.72. The molecule has 0 unspecified atom stereocenters. The number of allylic oxidation sites excluding steroid dienone is 4. The molecule has 0 spiro atoms. The van der Waals surface area contributed by atoms with Gasteiger partial charge < -0.3 is 0 Å². The van der Waals surface area contributed by atoms with Crippen LogP contribution >= 0.6 is 0 Å². The van der Waals surface area contributed by atoms with Crippen LogP contribution in [0.15, 0.2) is 24.3 Å². The van der Waals surface area contributed by atoms with Crippen molar-refractivity contribution < 1.29 is 43.9 Å². The van der Waals surface area contributed by atoms with Gasteiger partial charge in [-0.1, -0.05) is 12.2 Å². The first kappa shape index (κ1) is 20.0. The molecular weight excluding hydrogens is 405 g/mol. The van der Waals surface area contributed by atoms with Gasteiger partial charge in [0, 0.05) is 0 Å². The van der Waals surface area contributed by atoms with Gasteiger partial charge in [0.15, 0.2) is 34.9 Å². The zero-order chi connectivity index (χ0) is 20.9. The van der Waals surface area contributed by atoms with Gasteiger partial charge in [0.1, 0.15) is 23.3 Å². The number of hydrogen-bond acceptors (Lipinski definition) is 0. The maximum absolute atomic E-state index is 14.3. The average molecular weight is 410 g/mol. The molecule has 0 nitrogen and oxygen atoms in total. The van der Waals surface area contributed by atoms with Crippen molar-refractivity contribution >= 4 is 17.6 Å². The molecule has 0 aromatic heterocycles. The van der Waals surface area contributed by atoms with Crippen molar-refractivity contribution in [2.45, 2.75) is 5.82 Å². The van der Waals surface area contributed by atoms with Crippen LogP contribution in [0, 0.1) is 58.2 Å². The lowest BCUT2D eigenvalue weighted by atomic mass is 9.33. The molecule has 0 fully saturated rings. The van der Waals surface area contributed by atoms with E-state index in [1.54, 1.807) is 0 Å². The molecule has 2 aromatic carbocycles. The van der Waals surface area contributed by atoms with Gasteiger partial charge >= 0.3 is 0 Å². The van der Waals surface area contributed by atoms with Gasteiger partial charge in [-0.3, -0.25) is 0 Å². The monoisotopic (exact) mass is 410 g/mol. The lowest BCUT2D eigenvalue weighted by Crippen LogP contribution is -2.52. The summed E-state index contributed by atoms with van der Waals surface area (Å²) in [4.78, 5) is 0. The fourth-order valence-corrected chi connectivity index (χ4v) is 2.99. The van der Waals surface area contributed by atoms with E-state index in [4.69, 9.17) is 0 Å². The second-order valence-electron chi connectivity index (χ2n) is 5.79. The van der Waals surface area contributed by atoms with E-state index in [0.717, 1.165) is 12.2 Å². The fourth-order valence-electron chi connectivity index (χ4n) is 2.99. The summed E-state index contributed by atoms with van der Waals surface area (Å²) in [7, 11) is 0. The van der Waals surface area contributed by atoms with Gasteiger partial charge in [0.25, 0.3) is 0 Å². The van der Waals surface area contributed by atoms with Crippen LogP contribution in [0.3, 0.4) is 0 Å². The second kappa shape index (κ2) is 7.03. The van der Waals surface area contributed by atoms with Crippen molar-refractivity contribution in [1.29, 1.82) is 0 Å². The molecule has 0 heterocycles. The van der Waals surface area contributed by atoms with Crippen molar-refractivity contribution in [3.8, 4) is 0 Å². The van der Waals surface area contributed by atoms with Crippen LogP contribution in [0.25, 0.3) is 0 Å². The smallest absolute Gasteiger partial charge is 0.200 e. The summed E-state index contributed by atoms with van der Waals surface area (Å²) >= 11 is 0. The summed E-state index contributed by atoms with van der Waals surface area (Å²) < 4.78 is 138. The Bertz CT molecular complexity index is 904. The number of halogens is 10. The minimum absolute atomic E-state index is 1.04. The molecule has 28 heavy (non-hydrogen) atoms. The molecule has 0 N–H and O–H groups in total. The van der Waals surface area contributed by atoms with E-state index in [1.165, 1.54) is 12.2 Å². The van der Waals surface area contributed by atoms with Crippen LogP contribution in [0.5, 0.6) is 0 Å². The van der Waals surface area contributed by atoms with Gasteiger partial charge in [0.2, 0.25) is 0 Å². The van der Waals surface area contributed by atoms with E-state index in [2.05, 4.69) is 0 Å². The van der Waals surface area contributed by atoms with E-state index < -0.39 is 81.6 Å². The van der Waals surface area contributed by atoms with Crippen LogP contribution < -0.4 is 10.9 Å². The average Bonchev–Trinajstić information content (AvgIpc) is 3.21. The normalized spacial score (nSPS) is 14.0. The number of benzene rings is 2. The fraction of sp³-hybridized carbons (Fsp3) is 0.0588. The highest BCUT2D eigenvalue weighted by Gasteiger charge is 2.32. The Kier molecular flexibility index (Phi) is 5.03. The molecule has 1 aliphatic rings. The van der Waals surface area contributed by atoms with Crippen molar-refractivity contribution in [2.75, 3.05) is 0 Å². The topological polar surface area (TPSA) is 0 Å². The van der Waals surface area contributed by atoms with Crippen LogP contribution in [-0.4, -0.2) is 6.71 Å². The first-order valence-electron chi connectivity index (χ1n) is 7.47. The largest absolute Gasteiger partial charge is 0.207 e. The van der Waals surface area contributed by atoms with Crippen molar-refractivity contribution in [1.82, 2.24) is 0 Å². The Morgan fingerprint density at radius 2 is 0.679 bits per heavy atom. The molecule has 0 aliphatic heterocycles. The minimum atomic E-state index is -2.53. The van der Waals surface area contributed by atoms with Crippen LogP contribution in [0.2, 0.25) is 5.82 Å². The van der Waals surface area contributed by atoms with Crippen LogP contribution in [0.4, 0.5) is 43.9 Å². The third-order valence-electron chi connectivity index (χ3n) is 4.27. The summed E-state index contributed by atoms with van der Waals surface area (Å²) in [5.74, 6) is -26.0. The van der Waals surface area contributed by atoms with Gasteiger partial charge in [-0.05, 0) is 6.71 Å². The quantitative estimate of drug-likeness (QED) is 0.309. The molecule has 0 saturated heterocycles. The lowest BCUT2D eigenvalue weighted by molar-refractivity contribution is 0.382. The standard InChI is InChI=1S/C17H5BF10/c19-8-6(9(20)13(24)16(27)12(8)23)18(5-3-1-2-4-5)7-10(21)14(25)17(28)15(26)11(7)22/h1-5H/q-1. The Labute approximate surface area is 150 Å². The third-order valence-corrected chi connectivity index (χ3v) is 4.27. The van der Waals surface area contributed by atoms with Crippen molar-refractivity contribution in [3.05, 3.63) is 82.5 Å². The maximum atomic E-state index is 14.3. The van der Waals surface area contributed by atoms with Crippen molar-refractivity contribution in [2.24, 2.45) is 0 Å². The number of hydrogen-bond donors (Lipinski definition) is 0. The van der Waals surface area contributed by atoms with Crippen molar-refractivity contribution in [3.63, 3.8) is 0 Å². The second-order valence-corrected chi connectivity index (χ2v) is 5.79. The van der Waals surface area contributed by atoms with Crippen LogP contribution in [0.1, 0.15) is 0 Å². The Balaban J connectivity index is 2.44. The summed E-state index contributed by atoms with van der Waals surface area (Å²) in [5, 5.41) is 0. The molecule has 1 radical (unpaired) electrons. The first-order valence-corrected chi connectivity index (χ1v) is 7.47.